The Kier molecular flexibility index (Phi) is 16.2. The second-order valence-electron chi connectivity index (χ2n) is 6.63. The third kappa shape index (κ3) is 14.6. The molecule has 0 bridgehead atoms. The minimum absolute atomic E-state index is 0.448. The Labute approximate surface area is 133 Å². The first kappa shape index (κ1) is 20.9. The highest BCUT2D eigenvalue weighted by molar-refractivity contribution is 4.67. The lowest BCUT2D eigenvalue weighted by molar-refractivity contribution is 0.148. The van der Waals surface area contributed by atoms with E-state index in [0.717, 1.165) is 13.0 Å². The van der Waals surface area contributed by atoms with Gasteiger partial charge in [-0.05, 0) is 18.8 Å². The molecule has 0 aliphatic carbocycles. The van der Waals surface area contributed by atoms with Gasteiger partial charge < -0.3 is 4.74 Å². The van der Waals surface area contributed by atoms with Crippen LogP contribution < -0.4 is 11.3 Å². The van der Waals surface area contributed by atoms with E-state index in [1.807, 2.05) is 0 Å². The van der Waals surface area contributed by atoms with E-state index in [2.05, 4.69) is 19.3 Å². The van der Waals surface area contributed by atoms with Gasteiger partial charge in [0, 0.05) is 19.8 Å². The number of hydrazine groups is 1. The fraction of sp³-hybridized carbons (Fsp3) is 1.00. The quantitative estimate of drug-likeness (QED) is 0.244. The summed E-state index contributed by atoms with van der Waals surface area (Å²) in [6.07, 6.45) is 16.2. The maximum atomic E-state index is 5.65. The van der Waals surface area contributed by atoms with Gasteiger partial charge in [0.25, 0.3) is 0 Å². The lowest BCUT2D eigenvalue weighted by atomic mass is 9.97. The molecule has 0 spiro atoms. The smallest absolute Gasteiger partial charge is 0.0488 e. The molecule has 0 rings (SSSR count). The average Bonchev–Trinajstić information content (AvgIpc) is 2.48. The number of ether oxygens (including phenoxy) is 1. The van der Waals surface area contributed by atoms with Crippen LogP contribution in [0.3, 0.4) is 0 Å². The van der Waals surface area contributed by atoms with Crippen molar-refractivity contribution >= 4 is 0 Å². The van der Waals surface area contributed by atoms with Crippen LogP contribution in [-0.2, 0) is 4.74 Å². The van der Waals surface area contributed by atoms with Crippen molar-refractivity contribution in [3.8, 4) is 0 Å². The molecular formula is C18H40N2O. The number of methoxy groups -OCH3 is 1. The summed E-state index contributed by atoms with van der Waals surface area (Å²) in [7, 11) is 1.77. The van der Waals surface area contributed by atoms with E-state index in [-0.39, 0.29) is 0 Å². The largest absolute Gasteiger partial charge is 0.384 e. The van der Waals surface area contributed by atoms with Crippen molar-refractivity contribution in [2.24, 2.45) is 11.8 Å². The van der Waals surface area contributed by atoms with Crippen molar-refractivity contribution in [1.29, 1.82) is 0 Å². The predicted molar refractivity (Wildman–Crippen MR) is 93.2 cm³/mol. The lowest BCUT2D eigenvalue weighted by Crippen LogP contribution is -2.36. The second kappa shape index (κ2) is 16.3. The molecule has 3 heteroatoms. The Balaban J connectivity index is 3.35. The Hall–Kier alpha value is -0.120. The highest BCUT2D eigenvalue weighted by Crippen LogP contribution is 2.14. The molecule has 0 aromatic heterocycles. The molecule has 0 saturated heterocycles. The Morgan fingerprint density at radius 3 is 1.90 bits per heavy atom. The number of rotatable bonds is 16. The summed E-state index contributed by atoms with van der Waals surface area (Å²) in [6.45, 7) is 5.34. The molecule has 3 N–H and O–H groups in total. The van der Waals surface area contributed by atoms with E-state index in [4.69, 9.17) is 10.6 Å². The van der Waals surface area contributed by atoms with Gasteiger partial charge in [0.15, 0.2) is 0 Å². The van der Waals surface area contributed by atoms with Gasteiger partial charge in [0.1, 0.15) is 0 Å². The summed E-state index contributed by atoms with van der Waals surface area (Å²) in [5.74, 6) is 6.23. The summed E-state index contributed by atoms with van der Waals surface area (Å²) in [5.41, 5.74) is 2.97. The van der Waals surface area contributed by atoms with Crippen LogP contribution in [0.4, 0.5) is 0 Å². The predicted octanol–water partition coefficient (Wildman–Crippen LogP) is 4.80. The van der Waals surface area contributed by atoms with Gasteiger partial charge in [-0.3, -0.25) is 11.3 Å². The summed E-state index contributed by atoms with van der Waals surface area (Å²) < 4.78 is 5.19. The van der Waals surface area contributed by atoms with Crippen LogP contribution >= 0.6 is 0 Å². The standard InChI is InChI=1S/C18H40N2O/c1-4-5-6-7-8-9-10-11-12-13-14-18(20-19)15-17(2)16-21-3/h17-18,20H,4-16,19H2,1-3H3. The molecule has 0 aromatic carbocycles. The van der Waals surface area contributed by atoms with Crippen LogP contribution in [0.15, 0.2) is 0 Å². The van der Waals surface area contributed by atoms with Crippen LogP contribution in [0.5, 0.6) is 0 Å². The van der Waals surface area contributed by atoms with Gasteiger partial charge in [-0.25, -0.2) is 0 Å². The average molecular weight is 301 g/mol. The van der Waals surface area contributed by atoms with Crippen molar-refractivity contribution in [3.05, 3.63) is 0 Å². The first-order valence-corrected chi connectivity index (χ1v) is 9.19. The van der Waals surface area contributed by atoms with E-state index >= 15 is 0 Å². The highest BCUT2D eigenvalue weighted by atomic mass is 16.5. The first-order valence-electron chi connectivity index (χ1n) is 9.19. The molecular weight excluding hydrogens is 260 g/mol. The summed E-state index contributed by atoms with van der Waals surface area (Å²) >= 11 is 0. The highest BCUT2D eigenvalue weighted by Gasteiger charge is 2.11. The molecule has 21 heavy (non-hydrogen) atoms. The fourth-order valence-corrected chi connectivity index (χ4v) is 2.99. The SMILES string of the molecule is CCCCCCCCCCCCC(CC(C)COC)NN. The van der Waals surface area contributed by atoms with Crippen molar-refractivity contribution in [2.75, 3.05) is 13.7 Å². The van der Waals surface area contributed by atoms with Crippen molar-refractivity contribution < 1.29 is 4.74 Å². The molecule has 0 aliphatic heterocycles. The van der Waals surface area contributed by atoms with Crippen molar-refractivity contribution in [3.63, 3.8) is 0 Å². The zero-order valence-corrected chi connectivity index (χ0v) is 14.8. The van der Waals surface area contributed by atoms with Gasteiger partial charge in [-0.2, -0.15) is 0 Å². The van der Waals surface area contributed by atoms with E-state index in [0.29, 0.717) is 12.0 Å². The normalized spacial score (nSPS) is 14.3. The lowest BCUT2D eigenvalue weighted by Gasteiger charge is -2.19. The summed E-state index contributed by atoms with van der Waals surface area (Å²) in [4.78, 5) is 0. The number of nitrogens with one attached hydrogen (secondary N) is 1. The number of hydrogen-bond donors (Lipinski definition) is 2. The molecule has 0 radical (unpaired) electrons. The Bertz CT molecular complexity index is 200. The van der Waals surface area contributed by atoms with Gasteiger partial charge in [0.2, 0.25) is 0 Å². The van der Waals surface area contributed by atoms with Gasteiger partial charge >= 0.3 is 0 Å². The fourth-order valence-electron chi connectivity index (χ4n) is 2.99. The molecule has 0 heterocycles. The molecule has 2 atom stereocenters. The minimum atomic E-state index is 0.448. The van der Waals surface area contributed by atoms with Crippen LogP contribution in [0.2, 0.25) is 0 Å². The zero-order chi connectivity index (χ0) is 15.8. The van der Waals surface area contributed by atoms with E-state index in [1.165, 1.54) is 70.6 Å². The number of unbranched alkanes of at least 4 members (excludes halogenated alkanes) is 9. The topological polar surface area (TPSA) is 47.3 Å². The number of nitrogens with two attached hydrogens (primary N) is 1. The van der Waals surface area contributed by atoms with Crippen LogP contribution in [0.25, 0.3) is 0 Å². The molecule has 0 aliphatic rings. The monoisotopic (exact) mass is 300 g/mol. The molecule has 128 valence electrons. The second-order valence-corrected chi connectivity index (χ2v) is 6.63. The zero-order valence-electron chi connectivity index (χ0n) is 14.8. The van der Waals surface area contributed by atoms with Crippen LogP contribution in [0, 0.1) is 5.92 Å². The molecule has 0 aromatic rings. The third-order valence-electron chi connectivity index (χ3n) is 4.28. The van der Waals surface area contributed by atoms with E-state index in [9.17, 15) is 0 Å². The van der Waals surface area contributed by atoms with Crippen molar-refractivity contribution in [1.82, 2.24) is 5.43 Å². The Morgan fingerprint density at radius 1 is 0.905 bits per heavy atom. The number of hydrogen-bond acceptors (Lipinski definition) is 3. The first-order chi connectivity index (χ1) is 10.2. The van der Waals surface area contributed by atoms with Gasteiger partial charge in [-0.15, -0.1) is 0 Å². The van der Waals surface area contributed by atoms with Crippen LogP contribution in [0.1, 0.15) is 90.9 Å². The summed E-state index contributed by atoms with van der Waals surface area (Å²) in [6, 6.07) is 0.448. The minimum Gasteiger partial charge on any atom is -0.384 e. The maximum absolute atomic E-state index is 5.65. The van der Waals surface area contributed by atoms with Crippen molar-refractivity contribution in [2.45, 2.75) is 96.9 Å². The third-order valence-corrected chi connectivity index (χ3v) is 4.28. The molecule has 2 unspecified atom stereocenters. The van der Waals surface area contributed by atoms with E-state index < -0.39 is 0 Å². The summed E-state index contributed by atoms with van der Waals surface area (Å²) in [5, 5.41) is 0. The van der Waals surface area contributed by atoms with Gasteiger partial charge in [-0.1, -0.05) is 78.1 Å². The van der Waals surface area contributed by atoms with Crippen LogP contribution in [-0.4, -0.2) is 19.8 Å². The molecule has 0 fully saturated rings. The molecule has 0 amide bonds. The maximum Gasteiger partial charge on any atom is 0.0488 e. The molecule has 0 saturated carbocycles. The Morgan fingerprint density at radius 2 is 1.43 bits per heavy atom. The van der Waals surface area contributed by atoms with Gasteiger partial charge in [0.05, 0.1) is 0 Å². The molecule has 3 nitrogen and oxygen atoms in total. The van der Waals surface area contributed by atoms with E-state index in [1.54, 1.807) is 7.11 Å².